The lowest BCUT2D eigenvalue weighted by Gasteiger charge is -2.14. The summed E-state index contributed by atoms with van der Waals surface area (Å²) in [5.74, 6) is -0.888. The number of ether oxygens (including phenoxy) is 1. The fourth-order valence-electron chi connectivity index (χ4n) is 1.29. The van der Waals surface area contributed by atoms with Crippen molar-refractivity contribution in [1.29, 1.82) is 0 Å². The van der Waals surface area contributed by atoms with Crippen LogP contribution in [0.4, 0.5) is 0 Å². The summed E-state index contributed by atoms with van der Waals surface area (Å²) in [6.45, 7) is 1.84. The Morgan fingerprint density at radius 3 is 2.44 bits per heavy atom. The summed E-state index contributed by atoms with van der Waals surface area (Å²) < 4.78 is 5.16. The van der Waals surface area contributed by atoms with Crippen LogP contribution in [0.15, 0.2) is 30.3 Å². The molecule has 0 saturated heterocycles. The molecule has 0 aromatic heterocycles. The molecule has 1 aromatic carbocycles. The normalized spacial score (nSPS) is 11.8. The number of primary amides is 1. The van der Waals surface area contributed by atoms with Crippen LogP contribution in [0.1, 0.15) is 30.1 Å². The lowest BCUT2D eigenvalue weighted by molar-refractivity contribution is -0.120. The number of carbonyl (C=O) groups excluding carboxylic acids is 2. The summed E-state index contributed by atoms with van der Waals surface area (Å²) in [5, 5.41) is 0. The summed E-state index contributed by atoms with van der Waals surface area (Å²) in [4.78, 5) is 22.3. The molecule has 0 fully saturated rings. The van der Waals surface area contributed by atoms with Gasteiger partial charge in [0.15, 0.2) is 0 Å². The second-order valence-electron chi connectivity index (χ2n) is 3.47. The zero-order valence-corrected chi connectivity index (χ0v) is 9.18. The van der Waals surface area contributed by atoms with E-state index in [9.17, 15) is 9.59 Å². The number of carbonyl (C=O) groups is 2. The van der Waals surface area contributed by atoms with Gasteiger partial charge in [0.2, 0.25) is 5.91 Å². The van der Waals surface area contributed by atoms with Gasteiger partial charge in [-0.1, -0.05) is 25.1 Å². The maximum Gasteiger partial charge on any atom is 0.338 e. The van der Waals surface area contributed by atoms with Crippen molar-refractivity contribution < 1.29 is 14.3 Å². The third-order valence-electron chi connectivity index (χ3n) is 2.17. The number of hydrogen-bond acceptors (Lipinski definition) is 3. The molecular formula is C12H15NO3. The first-order valence-corrected chi connectivity index (χ1v) is 5.17. The van der Waals surface area contributed by atoms with Crippen LogP contribution in [0.25, 0.3) is 0 Å². The molecule has 1 amide bonds. The molecule has 86 valence electrons. The van der Waals surface area contributed by atoms with Gasteiger partial charge in [-0.3, -0.25) is 4.79 Å². The molecule has 1 rings (SSSR count). The first-order chi connectivity index (χ1) is 7.63. The Morgan fingerprint density at radius 1 is 1.31 bits per heavy atom. The number of benzene rings is 1. The monoisotopic (exact) mass is 221 g/mol. The highest BCUT2D eigenvalue weighted by molar-refractivity contribution is 5.89. The van der Waals surface area contributed by atoms with Gasteiger partial charge in [0.1, 0.15) is 6.10 Å². The largest absolute Gasteiger partial charge is 0.458 e. The maximum atomic E-state index is 11.6. The number of nitrogens with two attached hydrogens (primary N) is 1. The molecular weight excluding hydrogens is 206 g/mol. The smallest absolute Gasteiger partial charge is 0.338 e. The summed E-state index contributed by atoms with van der Waals surface area (Å²) >= 11 is 0. The van der Waals surface area contributed by atoms with Gasteiger partial charge < -0.3 is 10.5 Å². The molecule has 0 bridgehead atoms. The van der Waals surface area contributed by atoms with Gasteiger partial charge >= 0.3 is 5.97 Å². The lowest BCUT2D eigenvalue weighted by atomic mass is 10.2. The van der Waals surface area contributed by atoms with E-state index in [1.54, 1.807) is 24.3 Å². The Labute approximate surface area is 94.4 Å². The third kappa shape index (κ3) is 3.73. The number of rotatable bonds is 5. The Bertz CT molecular complexity index is 362. The molecule has 0 heterocycles. The summed E-state index contributed by atoms with van der Waals surface area (Å²) in [6, 6.07) is 8.66. The van der Waals surface area contributed by atoms with Gasteiger partial charge in [-0.15, -0.1) is 0 Å². The zero-order valence-electron chi connectivity index (χ0n) is 9.18. The van der Waals surface area contributed by atoms with Gasteiger partial charge in [0.05, 0.1) is 12.0 Å². The maximum absolute atomic E-state index is 11.6. The van der Waals surface area contributed by atoms with Crippen LogP contribution in [0.3, 0.4) is 0 Å². The molecule has 16 heavy (non-hydrogen) atoms. The highest BCUT2D eigenvalue weighted by atomic mass is 16.5. The molecule has 2 N–H and O–H groups in total. The minimum Gasteiger partial charge on any atom is -0.458 e. The molecule has 0 aliphatic carbocycles. The van der Waals surface area contributed by atoms with Gasteiger partial charge in [-0.05, 0) is 18.6 Å². The minimum atomic E-state index is -0.465. The third-order valence-corrected chi connectivity index (χ3v) is 2.17. The Morgan fingerprint density at radius 2 is 1.94 bits per heavy atom. The van der Waals surface area contributed by atoms with Crippen molar-refractivity contribution in [3.8, 4) is 0 Å². The van der Waals surface area contributed by atoms with Crippen LogP contribution in [-0.2, 0) is 9.53 Å². The first kappa shape index (κ1) is 12.2. The van der Waals surface area contributed by atoms with Gasteiger partial charge in [0.25, 0.3) is 0 Å². The van der Waals surface area contributed by atoms with E-state index in [0.29, 0.717) is 12.0 Å². The molecule has 4 heteroatoms. The van der Waals surface area contributed by atoms with E-state index in [0.717, 1.165) is 0 Å². The molecule has 4 nitrogen and oxygen atoms in total. The molecule has 0 saturated carbocycles. The Hall–Kier alpha value is -1.84. The van der Waals surface area contributed by atoms with Crippen LogP contribution < -0.4 is 5.73 Å². The van der Waals surface area contributed by atoms with E-state index in [1.807, 2.05) is 13.0 Å². The molecule has 0 unspecified atom stereocenters. The fourth-order valence-corrected chi connectivity index (χ4v) is 1.29. The van der Waals surface area contributed by atoms with Crippen molar-refractivity contribution in [1.82, 2.24) is 0 Å². The zero-order chi connectivity index (χ0) is 12.0. The second-order valence-corrected chi connectivity index (χ2v) is 3.47. The minimum absolute atomic E-state index is 0.0646. The van der Waals surface area contributed by atoms with Crippen LogP contribution in [0.5, 0.6) is 0 Å². The lowest BCUT2D eigenvalue weighted by Crippen LogP contribution is -2.24. The average molecular weight is 221 g/mol. The van der Waals surface area contributed by atoms with Crippen molar-refractivity contribution in [3.63, 3.8) is 0 Å². The molecule has 1 aromatic rings. The van der Waals surface area contributed by atoms with Crippen molar-refractivity contribution in [3.05, 3.63) is 35.9 Å². The van der Waals surface area contributed by atoms with E-state index >= 15 is 0 Å². The SMILES string of the molecule is CC[C@H](CC(N)=O)OC(=O)c1ccccc1. The van der Waals surface area contributed by atoms with Gasteiger partial charge in [-0.2, -0.15) is 0 Å². The predicted octanol–water partition coefficient (Wildman–Crippen LogP) is 1.50. The first-order valence-electron chi connectivity index (χ1n) is 5.17. The highest BCUT2D eigenvalue weighted by Crippen LogP contribution is 2.08. The number of esters is 1. The topological polar surface area (TPSA) is 69.4 Å². The van der Waals surface area contributed by atoms with Crippen molar-refractivity contribution in [2.45, 2.75) is 25.9 Å². The average Bonchev–Trinajstić information content (AvgIpc) is 2.28. The number of amides is 1. The molecule has 1 atom stereocenters. The molecule has 0 radical (unpaired) electrons. The van der Waals surface area contributed by atoms with E-state index < -0.39 is 18.0 Å². The van der Waals surface area contributed by atoms with Crippen LogP contribution in [0.2, 0.25) is 0 Å². The van der Waals surface area contributed by atoms with E-state index in [-0.39, 0.29) is 6.42 Å². The van der Waals surface area contributed by atoms with Crippen molar-refractivity contribution in [2.75, 3.05) is 0 Å². The van der Waals surface area contributed by atoms with E-state index in [4.69, 9.17) is 10.5 Å². The van der Waals surface area contributed by atoms with Gasteiger partial charge in [-0.25, -0.2) is 4.79 Å². The Kier molecular flexibility index (Phi) is 4.51. The van der Waals surface area contributed by atoms with Gasteiger partial charge in [0, 0.05) is 0 Å². The highest BCUT2D eigenvalue weighted by Gasteiger charge is 2.15. The second kappa shape index (κ2) is 5.90. The van der Waals surface area contributed by atoms with Crippen molar-refractivity contribution in [2.24, 2.45) is 5.73 Å². The number of hydrogen-bond donors (Lipinski definition) is 1. The molecule has 0 aliphatic heterocycles. The predicted molar refractivity (Wildman–Crippen MR) is 59.7 cm³/mol. The molecule has 0 aliphatic rings. The van der Waals surface area contributed by atoms with Crippen LogP contribution >= 0.6 is 0 Å². The van der Waals surface area contributed by atoms with Crippen molar-refractivity contribution >= 4 is 11.9 Å². The Balaban J connectivity index is 2.59. The van der Waals surface area contributed by atoms with Crippen LogP contribution in [0, 0.1) is 0 Å². The van der Waals surface area contributed by atoms with Crippen LogP contribution in [-0.4, -0.2) is 18.0 Å². The van der Waals surface area contributed by atoms with E-state index in [2.05, 4.69) is 0 Å². The fraction of sp³-hybridized carbons (Fsp3) is 0.333. The standard InChI is InChI=1S/C12H15NO3/c1-2-10(8-11(13)14)16-12(15)9-6-4-3-5-7-9/h3-7,10H,2,8H2,1H3,(H2,13,14)/t10-/m1/s1. The summed E-state index contributed by atoms with van der Waals surface area (Å²) in [6.07, 6.45) is 0.196. The summed E-state index contributed by atoms with van der Waals surface area (Å²) in [7, 11) is 0. The summed E-state index contributed by atoms with van der Waals surface area (Å²) in [5.41, 5.74) is 5.53. The molecule has 0 spiro atoms. The quantitative estimate of drug-likeness (QED) is 0.766. The van der Waals surface area contributed by atoms with E-state index in [1.165, 1.54) is 0 Å².